The van der Waals surface area contributed by atoms with Crippen LogP contribution < -0.4 is 20.7 Å². The molecule has 4 rings (SSSR count). The summed E-state index contributed by atoms with van der Waals surface area (Å²) in [6.07, 6.45) is 1.80. The fourth-order valence-electron chi connectivity index (χ4n) is 3.39. The van der Waals surface area contributed by atoms with Gasteiger partial charge in [-0.25, -0.2) is 4.98 Å². The van der Waals surface area contributed by atoms with Crippen LogP contribution >= 0.6 is 23.4 Å². The predicted octanol–water partition coefficient (Wildman–Crippen LogP) is 3.51. The van der Waals surface area contributed by atoms with E-state index in [1.807, 2.05) is 48.5 Å². The average molecular weight is 499 g/mol. The Bertz CT molecular complexity index is 1120. The van der Waals surface area contributed by atoms with Crippen molar-refractivity contribution in [3.63, 3.8) is 0 Å². The van der Waals surface area contributed by atoms with Crippen molar-refractivity contribution in [1.82, 2.24) is 14.9 Å². The van der Waals surface area contributed by atoms with Gasteiger partial charge in [0.1, 0.15) is 6.61 Å². The fraction of sp³-hybridized carbons (Fsp3) is 0.292. The molecule has 1 fully saturated rings. The minimum Gasteiger partial charge on any atom is -0.472 e. The van der Waals surface area contributed by atoms with Crippen LogP contribution in [0.15, 0.2) is 64.5 Å². The molecule has 3 N–H and O–H groups in total. The smallest absolute Gasteiger partial charge is 0.238 e. The van der Waals surface area contributed by atoms with Crippen molar-refractivity contribution in [2.45, 2.75) is 16.4 Å². The molecular formula is C24H27ClN6O2S. The van der Waals surface area contributed by atoms with Crippen LogP contribution in [0.5, 0.6) is 5.88 Å². The van der Waals surface area contributed by atoms with Gasteiger partial charge in [-0.1, -0.05) is 41.6 Å². The van der Waals surface area contributed by atoms with Gasteiger partial charge in [-0.3, -0.25) is 4.79 Å². The summed E-state index contributed by atoms with van der Waals surface area (Å²) in [6, 6.07) is 15.1. The number of anilines is 2. The van der Waals surface area contributed by atoms with Crippen molar-refractivity contribution in [2.75, 3.05) is 50.0 Å². The van der Waals surface area contributed by atoms with E-state index in [9.17, 15) is 4.79 Å². The van der Waals surface area contributed by atoms with Gasteiger partial charge in [0.15, 0.2) is 0 Å². The number of rotatable bonds is 8. The number of hydrogen-bond acceptors (Lipinski definition) is 8. The highest BCUT2D eigenvalue weighted by Crippen LogP contribution is 2.35. The molecule has 8 nitrogen and oxygen atoms in total. The summed E-state index contributed by atoms with van der Waals surface area (Å²) >= 11 is 7.48. The number of hydrogen-bond donors (Lipinski definition) is 2. The number of halogens is 1. The van der Waals surface area contributed by atoms with E-state index in [1.54, 1.807) is 6.20 Å². The standard InChI is InChI=1S/C24H27ClN6O2S/c1-30-9-11-31(12-10-30)24-27-15-21(23(29-24)33-16-17-5-7-18(25)8-6-17)34-20-4-2-3-19(13-20)28-22(32)14-26/h2-8,13,15H,9-12,14,16,26H2,1H3,(H,28,32). The molecule has 0 radical (unpaired) electrons. The summed E-state index contributed by atoms with van der Waals surface area (Å²) in [4.78, 5) is 27.2. The molecule has 2 heterocycles. The van der Waals surface area contributed by atoms with Gasteiger partial charge in [-0.15, -0.1) is 0 Å². The van der Waals surface area contributed by atoms with Crippen molar-refractivity contribution >= 4 is 40.9 Å². The van der Waals surface area contributed by atoms with Crippen LogP contribution in [0, 0.1) is 0 Å². The molecule has 1 aliphatic rings. The Hall–Kier alpha value is -2.85. The van der Waals surface area contributed by atoms with Gasteiger partial charge < -0.3 is 25.6 Å². The third kappa shape index (κ3) is 6.60. The van der Waals surface area contributed by atoms with Crippen LogP contribution in [0.4, 0.5) is 11.6 Å². The van der Waals surface area contributed by atoms with E-state index in [-0.39, 0.29) is 12.5 Å². The van der Waals surface area contributed by atoms with Gasteiger partial charge in [0, 0.05) is 41.8 Å². The Labute approximate surface area is 208 Å². The van der Waals surface area contributed by atoms with E-state index in [2.05, 4.69) is 27.1 Å². The van der Waals surface area contributed by atoms with Crippen LogP contribution in [0.3, 0.4) is 0 Å². The normalized spacial score (nSPS) is 14.1. The van der Waals surface area contributed by atoms with Crippen molar-refractivity contribution in [1.29, 1.82) is 0 Å². The first-order chi connectivity index (χ1) is 16.5. The average Bonchev–Trinajstić information content (AvgIpc) is 2.85. The highest BCUT2D eigenvalue weighted by atomic mass is 35.5. The molecule has 1 aliphatic heterocycles. The Balaban J connectivity index is 1.56. The topological polar surface area (TPSA) is 96.6 Å². The van der Waals surface area contributed by atoms with E-state index >= 15 is 0 Å². The van der Waals surface area contributed by atoms with Gasteiger partial charge in [0.25, 0.3) is 0 Å². The fourth-order valence-corrected chi connectivity index (χ4v) is 4.40. The molecule has 0 atom stereocenters. The number of nitrogens with zero attached hydrogens (tertiary/aromatic N) is 4. The molecule has 0 saturated carbocycles. The van der Waals surface area contributed by atoms with Crippen molar-refractivity contribution in [3.8, 4) is 5.88 Å². The molecule has 10 heteroatoms. The Morgan fingerprint density at radius 3 is 2.68 bits per heavy atom. The van der Waals surface area contributed by atoms with Crippen LogP contribution in [-0.4, -0.2) is 60.5 Å². The summed E-state index contributed by atoms with van der Waals surface area (Å²) in [7, 11) is 2.11. The van der Waals surface area contributed by atoms with Crippen LogP contribution in [0.1, 0.15) is 5.56 Å². The first kappa shape index (κ1) is 24.3. The van der Waals surface area contributed by atoms with Crippen molar-refractivity contribution < 1.29 is 9.53 Å². The molecule has 2 aromatic carbocycles. The molecule has 1 saturated heterocycles. The summed E-state index contributed by atoms with van der Waals surface area (Å²) in [5.74, 6) is 0.932. The first-order valence-corrected chi connectivity index (χ1v) is 12.2. The molecule has 0 aliphatic carbocycles. The number of amides is 1. The lowest BCUT2D eigenvalue weighted by molar-refractivity contribution is -0.114. The zero-order valence-corrected chi connectivity index (χ0v) is 20.5. The maximum Gasteiger partial charge on any atom is 0.238 e. The largest absolute Gasteiger partial charge is 0.472 e. The summed E-state index contributed by atoms with van der Waals surface area (Å²) < 4.78 is 6.16. The number of aromatic nitrogens is 2. The number of piperazine rings is 1. The molecule has 178 valence electrons. The lowest BCUT2D eigenvalue weighted by Crippen LogP contribution is -2.45. The Morgan fingerprint density at radius 2 is 1.94 bits per heavy atom. The van der Waals surface area contributed by atoms with E-state index in [4.69, 9.17) is 27.1 Å². The summed E-state index contributed by atoms with van der Waals surface area (Å²) in [6.45, 7) is 3.94. The number of nitrogens with two attached hydrogens (primary N) is 1. The van der Waals surface area contributed by atoms with Crippen molar-refractivity contribution in [2.24, 2.45) is 5.73 Å². The van der Waals surface area contributed by atoms with E-state index in [0.717, 1.165) is 41.5 Å². The SMILES string of the molecule is CN1CCN(c2ncc(Sc3cccc(NC(=O)CN)c3)c(OCc3ccc(Cl)cc3)n2)CC1. The van der Waals surface area contributed by atoms with Gasteiger partial charge in [0.05, 0.1) is 17.6 Å². The second-order valence-corrected chi connectivity index (χ2v) is 9.48. The maximum atomic E-state index is 11.7. The number of nitrogens with one attached hydrogen (secondary N) is 1. The Kier molecular flexibility index (Phi) is 8.23. The number of carbonyl (C=O) groups excluding carboxylic acids is 1. The maximum absolute atomic E-state index is 11.7. The molecule has 1 amide bonds. The molecular weight excluding hydrogens is 472 g/mol. The molecule has 3 aromatic rings. The molecule has 0 spiro atoms. The number of ether oxygens (including phenoxy) is 1. The minimum atomic E-state index is -0.242. The van der Waals surface area contributed by atoms with Crippen LogP contribution in [-0.2, 0) is 11.4 Å². The molecule has 0 bridgehead atoms. The second-order valence-electron chi connectivity index (χ2n) is 7.93. The highest BCUT2D eigenvalue weighted by molar-refractivity contribution is 7.99. The Morgan fingerprint density at radius 1 is 1.18 bits per heavy atom. The first-order valence-electron chi connectivity index (χ1n) is 11.0. The lowest BCUT2D eigenvalue weighted by atomic mass is 10.2. The highest BCUT2D eigenvalue weighted by Gasteiger charge is 2.19. The van der Waals surface area contributed by atoms with Crippen molar-refractivity contribution in [3.05, 3.63) is 65.3 Å². The van der Waals surface area contributed by atoms with Gasteiger partial charge in [-0.2, -0.15) is 4.98 Å². The van der Waals surface area contributed by atoms with Crippen LogP contribution in [0.2, 0.25) is 5.02 Å². The molecule has 0 unspecified atom stereocenters. The molecule has 1 aromatic heterocycles. The van der Waals surface area contributed by atoms with E-state index in [1.165, 1.54) is 11.8 Å². The third-order valence-corrected chi connectivity index (χ3v) is 6.56. The molecule has 34 heavy (non-hydrogen) atoms. The van der Waals surface area contributed by atoms with E-state index in [0.29, 0.717) is 29.1 Å². The van der Waals surface area contributed by atoms with Gasteiger partial charge >= 0.3 is 0 Å². The zero-order valence-electron chi connectivity index (χ0n) is 18.9. The quantitative estimate of drug-likeness (QED) is 0.487. The van der Waals surface area contributed by atoms with Gasteiger partial charge in [0.2, 0.25) is 17.7 Å². The number of benzene rings is 2. The summed E-state index contributed by atoms with van der Waals surface area (Å²) in [5.41, 5.74) is 7.08. The third-order valence-electron chi connectivity index (χ3n) is 5.32. The number of likely N-dealkylation sites (N-methyl/N-ethyl adjacent to an activating group) is 1. The number of carbonyl (C=O) groups is 1. The zero-order chi connectivity index (χ0) is 23.9. The monoisotopic (exact) mass is 498 g/mol. The van der Waals surface area contributed by atoms with Gasteiger partial charge in [-0.05, 0) is 42.9 Å². The minimum absolute atomic E-state index is 0.0678. The van der Waals surface area contributed by atoms with E-state index < -0.39 is 0 Å². The predicted molar refractivity (Wildman–Crippen MR) is 136 cm³/mol. The second kappa shape index (κ2) is 11.5. The van der Waals surface area contributed by atoms with Crippen LogP contribution in [0.25, 0.3) is 0 Å². The lowest BCUT2D eigenvalue weighted by Gasteiger charge is -2.32. The summed E-state index contributed by atoms with van der Waals surface area (Å²) in [5, 5.41) is 3.46.